The van der Waals surface area contributed by atoms with E-state index >= 15 is 0 Å². The van der Waals surface area contributed by atoms with Crippen LogP contribution in [0.3, 0.4) is 0 Å². The van der Waals surface area contributed by atoms with Gasteiger partial charge in [0.25, 0.3) is 0 Å². The van der Waals surface area contributed by atoms with E-state index in [0.29, 0.717) is 0 Å². The van der Waals surface area contributed by atoms with Gasteiger partial charge in [-0.1, -0.05) is 0 Å². The van der Waals surface area contributed by atoms with Gasteiger partial charge in [-0.05, 0) is 19.3 Å². The molecule has 0 atom stereocenters. The van der Waals surface area contributed by atoms with Crippen molar-refractivity contribution in [3.63, 3.8) is 0 Å². The van der Waals surface area contributed by atoms with Gasteiger partial charge in [0.2, 0.25) is 0 Å². The molecule has 3 heteroatoms. The quantitative estimate of drug-likeness (QED) is 0.640. The fourth-order valence-corrected chi connectivity index (χ4v) is 1.43. The maximum absolute atomic E-state index is 10.2. The number of aliphatic hydroxyl groups excluding tert-OH is 1. The number of piperidine rings is 1. The maximum atomic E-state index is 10.2. The molecule has 0 spiro atoms. The minimum absolute atomic E-state index is 0.0268. The number of hydrogen-bond donors (Lipinski definition) is 1. The van der Waals surface area contributed by atoms with Crippen LogP contribution in [0.25, 0.3) is 0 Å². The summed E-state index contributed by atoms with van der Waals surface area (Å²) >= 11 is 0. The van der Waals surface area contributed by atoms with Crippen LogP contribution in [0.1, 0.15) is 19.3 Å². The molecule has 1 N–H and O–H groups in total. The van der Waals surface area contributed by atoms with E-state index < -0.39 is 0 Å². The van der Waals surface area contributed by atoms with Crippen LogP contribution >= 0.6 is 0 Å². The fraction of sp³-hybridized carbons (Fsp3) is 1.00. The Morgan fingerprint density at radius 3 is 2.55 bits per heavy atom. The Hall–Kier alpha value is -0.120. The lowest BCUT2D eigenvalue weighted by Gasteiger charge is -2.28. The van der Waals surface area contributed by atoms with Gasteiger partial charge in [-0.2, -0.15) is 0 Å². The Bertz CT molecular complexity index is 97.5. The molecular weight excluding hydrogens is 142 g/mol. The Labute approximate surface area is 67.6 Å². The topological polar surface area (TPSA) is 43.4 Å². The van der Waals surface area contributed by atoms with Crippen LogP contribution < -0.4 is 0 Å². The molecule has 1 saturated heterocycles. The Morgan fingerprint density at radius 1 is 1.36 bits per heavy atom. The van der Waals surface area contributed by atoms with Crippen LogP contribution in [-0.2, 0) is 5.11 Å². The van der Waals surface area contributed by atoms with Crippen molar-refractivity contribution in [1.29, 1.82) is 0 Å². The number of nitrogens with zero attached hydrogens (tertiary/aromatic N) is 1. The molecule has 1 aliphatic rings. The van der Waals surface area contributed by atoms with E-state index in [4.69, 9.17) is 5.11 Å². The summed E-state index contributed by atoms with van der Waals surface area (Å²) in [5, 5.41) is 19.3. The van der Waals surface area contributed by atoms with Gasteiger partial charge in [-0.15, -0.1) is 0 Å². The summed E-state index contributed by atoms with van der Waals surface area (Å²) in [4.78, 5) is 2.25. The summed E-state index contributed by atoms with van der Waals surface area (Å²) in [5.74, 6) is 0. The highest BCUT2D eigenvalue weighted by Crippen LogP contribution is 2.09. The SMILES string of the molecule is [O]CCCN1CCC(O)CC1. The van der Waals surface area contributed by atoms with Gasteiger partial charge < -0.3 is 10.0 Å². The van der Waals surface area contributed by atoms with Gasteiger partial charge in [0, 0.05) is 19.6 Å². The molecular formula is C8H16NO2. The summed E-state index contributed by atoms with van der Waals surface area (Å²) in [7, 11) is 0. The minimum Gasteiger partial charge on any atom is -0.393 e. The van der Waals surface area contributed by atoms with Crippen molar-refractivity contribution in [2.75, 3.05) is 26.2 Å². The first kappa shape index (κ1) is 8.97. The fourth-order valence-electron chi connectivity index (χ4n) is 1.43. The molecule has 0 aromatic rings. The molecule has 1 fully saturated rings. The highest BCUT2D eigenvalue weighted by Gasteiger charge is 2.15. The first-order chi connectivity index (χ1) is 5.33. The zero-order valence-corrected chi connectivity index (χ0v) is 6.83. The van der Waals surface area contributed by atoms with Crippen molar-refractivity contribution < 1.29 is 10.2 Å². The molecule has 3 nitrogen and oxygen atoms in total. The molecule has 1 heterocycles. The van der Waals surface area contributed by atoms with Crippen LogP contribution in [0.5, 0.6) is 0 Å². The van der Waals surface area contributed by atoms with E-state index in [9.17, 15) is 5.11 Å². The van der Waals surface area contributed by atoms with E-state index in [2.05, 4.69) is 4.90 Å². The Kier molecular flexibility index (Phi) is 3.83. The van der Waals surface area contributed by atoms with E-state index in [1.165, 1.54) is 0 Å². The minimum atomic E-state index is -0.0986. The zero-order chi connectivity index (χ0) is 8.10. The van der Waals surface area contributed by atoms with Crippen molar-refractivity contribution in [2.45, 2.75) is 25.4 Å². The van der Waals surface area contributed by atoms with Crippen molar-refractivity contribution in [3.8, 4) is 0 Å². The first-order valence-corrected chi connectivity index (χ1v) is 4.31. The van der Waals surface area contributed by atoms with Gasteiger partial charge in [0.05, 0.1) is 12.7 Å². The molecule has 0 aliphatic carbocycles. The molecule has 1 aliphatic heterocycles. The number of aliphatic hydroxyl groups is 1. The second kappa shape index (κ2) is 4.70. The summed E-state index contributed by atoms with van der Waals surface area (Å²) in [5.41, 5.74) is 0. The predicted molar refractivity (Wildman–Crippen MR) is 41.9 cm³/mol. The van der Waals surface area contributed by atoms with Gasteiger partial charge >= 0.3 is 0 Å². The lowest BCUT2D eigenvalue weighted by atomic mass is 10.1. The van der Waals surface area contributed by atoms with Crippen LogP contribution in [-0.4, -0.2) is 42.4 Å². The van der Waals surface area contributed by atoms with Crippen LogP contribution in [0.2, 0.25) is 0 Å². The molecule has 0 aromatic carbocycles. The summed E-state index contributed by atoms with van der Waals surface area (Å²) in [6.07, 6.45) is 2.40. The monoisotopic (exact) mass is 158 g/mol. The molecule has 65 valence electrons. The van der Waals surface area contributed by atoms with Crippen molar-refractivity contribution >= 4 is 0 Å². The molecule has 0 amide bonds. The second-order valence-corrected chi connectivity index (χ2v) is 3.13. The average Bonchev–Trinajstić information content (AvgIpc) is 2.04. The van der Waals surface area contributed by atoms with Crippen molar-refractivity contribution in [1.82, 2.24) is 4.90 Å². The molecule has 0 unspecified atom stereocenters. The third-order valence-electron chi connectivity index (χ3n) is 2.18. The molecule has 11 heavy (non-hydrogen) atoms. The normalized spacial score (nSPS) is 22.4. The number of likely N-dealkylation sites (tertiary alicyclic amines) is 1. The van der Waals surface area contributed by atoms with Crippen molar-refractivity contribution in [2.24, 2.45) is 0 Å². The molecule has 0 bridgehead atoms. The highest BCUT2D eigenvalue weighted by atomic mass is 16.3. The molecule has 1 rings (SSSR count). The van der Waals surface area contributed by atoms with Gasteiger partial charge in [0.1, 0.15) is 0 Å². The third kappa shape index (κ3) is 3.18. The van der Waals surface area contributed by atoms with Gasteiger partial charge in [-0.25, -0.2) is 5.11 Å². The van der Waals surface area contributed by atoms with E-state index in [0.717, 1.165) is 38.9 Å². The van der Waals surface area contributed by atoms with Crippen LogP contribution in [0, 0.1) is 0 Å². The highest BCUT2D eigenvalue weighted by molar-refractivity contribution is 4.70. The van der Waals surface area contributed by atoms with Gasteiger partial charge in [-0.3, -0.25) is 0 Å². The molecule has 0 saturated carbocycles. The maximum Gasteiger partial charge on any atom is 0.0834 e. The Morgan fingerprint density at radius 2 is 2.00 bits per heavy atom. The Balaban J connectivity index is 2.07. The summed E-state index contributed by atoms with van der Waals surface area (Å²) < 4.78 is 0. The standard InChI is InChI=1S/C8H16NO2/c10-7-1-4-9-5-2-8(11)3-6-9/h8,11H,1-7H2. The number of hydrogen-bond acceptors (Lipinski definition) is 2. The average molecular weight is 158 g/mol. The smallest absolute Gasteiger partial charge is 0.0834 e. The zero-order valence-electron chi connectivity index (χ0n) is 6.83. The lowest BCUT2D eigenvalue weighted by molar-refractivity contribution is 0.0762. The summed E-state index contributed by atoms with van der Waals surface area (Å²) in [6, 6.07) is 0. The molecule has 1 radical (unpaired) electrons. The summed E-state index contributed by atoms with van der Waals surface area (Å²) in [6.45, 7) is 2.86. The third-order valence-corrected chi connectivity index (χ3v) is 2.18. The van der Waals surface area contributed by atoms with E-state index in [1.54, 1.807) is 0 Å². The van der Waals surface area contributed by atoms with Crippen LogP contribution in [0.4, 0.5) is 0 Å². The van der Waals surface area contributed by atoms with Gasteiger partial charge in [0.15, 0.2) is 0 Å². The first-order valence-electron chi connectivity index (χ1n) is 4.31. The van der Waals surface area contributed by atoms with E-state index in [-0.39, 0.29) is 12.7 Å². The lowest BCUT2D eigenvalue weighted by Crippen LogP contribution is -2.36. The molecule has 0 aromatic heterocycles. The van der Waals surface area contributed by atoms with Crippen molar-refractivity contribution in [3.05, 3.63) is 0 Å². The second-order valence-electron chi connectivity index (χ2n) is 3.13. The number of rotatable bonds is 3. The predicted octanol–water partition coefficient (Wildman–Crippen LogP) is 0.264. The van der Waals surface area contributed by atoms with Crippen LogP contribution in [0.15, 0.2) is 0 Å². The largest absolute Gasteiger partial charge is 0.393 e. The van der Waals surface area contributed by atoms with E-state index in [1.807, 2.05) is 0 Å².